The molecule has 1 heterocycles. The third-order valence-corrected chi connectivity index (χ3v) is 3.95. The summed E-state index contributed by atoms with van der Waals surface area (Å²) in [6.07, 6.45) is 1.27. The van der Waals surface area contributed by atoms with Crippen molar-refractivity contribution in [1.82, 2.24) is 10.3 Å². The molecule has 0 aliphatic carbocycles. The van der Waals surface area contributed by atoms with Crippen molar-refractivity contribution in [2.24, 2.45) is 0 Å². The molecule has 0 radical (unpaired) electrons. The molecular weight excluding hydrogens is 372 g/mol. The quantitative estimate of drug-likeness (QED) is 0.718. The van der Waals surface area contributed by atoms with E-state index in [9.17, 15) is 4.79 Å². The molecule has 1 amide bonds. The standard InChI is InChI=1S/C18H15BrN2O3/c1-23-15-7-3-5-13(9-15)17-16(21-11-24-17)18(22)20-10-12-4-2-6-14(19)8-12/h2-9,11H,10H2,1H3,(H,20,22). The summed E-state index contributed by atoms with van der Waals surface area (Å²) in [4.78, 5) is 16.5. The molecule has 2 aromatic carbocycles. The highest BCUT2D eigenvalue weighted by molar-refractivity contribution is 9.10. The molecule has 6 heteroatoms. The predicted molar refractivity (Wildman–Crippen MR) is 93.8 cm³/mol. The molecule has 0 saturated carbocycles. The molecule has 0 atom stereocenters. The maximum Gasteiger partial charge on any atom is 0.274 e. The lowest BCUT2D eigenvalue weighted by molar-refractivity contribution is 0.0946. The van der Waals surface area contributed by atoms with E-state index in [-0.39, 0.29) is 11.6 Å². The van der Waals surface area contributed by atoms with Crippen molar-refractivity contribution in [3.8, 4) is 17.1 Å². The first-order valence-corrected chi connectivity index (χ1v) is 8.07. The first-order chi connectivity index (χ1) is 11.7. The number of halogens is 1. The highest BCUT2D eigenvalue weighted by Gasteiger charge is 2.18. The lowest BCUT2D eigenvalue weighted by atomic mass is 10.1. The third-order valence-electron chi connectivity index (χ3n) is 3.46. The van der Waals surface area contributed by atoms with Crippen LogP contribution in [-0.2, 0) is 6.54 Å². The number of oxazole rings is 1. The number of carbonyl (C=O) groups is 1. The fourth-order valence-electron chi connectivity index (χ4n) is 2.29. The molecule has 3 rings (SSSR count). The Morgan fingerprint density at radius 3 is 2.88 bits per heavy atom. The average molecular weight is 387 g/mol. The molecule has 0 aliphatic rings. The summed E-state index contributed by atoms with van der Waals surface area (Å²) < 4.78 is 11.6. The van der Waals surface area contributed by atoms with Crippen molar-refractivity contribution in [3.63, 3.8) is 0 Å². The van der Waals surface area contributed by atoms with Gasteiger partial charge < -0.3 is 14.5 Å². The predicted octanol–water partition coefficient (Wildman–Crippen LogP) is 4.04. The number of nitrogens with zero attached hydrogens (tertiary/aromatic N) is 1. The number of rotatable bonds is 5. The second kappa shape index (κ2) is 7.31. The molecule has 3 aromatic rings. The Morgan fingerprint density at radius 2 is 2.08 bits per heavy atom. The van der Waals surface area contributed by atoms with E-state index in [4.69, 9.17) is 9.15 Å². The van der Waals surface area contributed by atoms with Crippen LogP contribution in [0, 0.1) is 0 Å². The maximum absolute atomic E-state index is 12.4. The first kappa shape index (κ1) is 16.3. The van der Waals surface area contributed by atoms with Crippen LogP contribution in [0.2, 0.25) is 0 Å². The van der Waals surface area contributed by atoms with Gasteiger partial charge in [0, 0.05) is 16.6 Å². The average Bonchev–Trinajstić information content (AvgIpc) is 3.09. The van der Waals surface area contributed by atoms with Crippen molar-refractivity contribution in [3.05, 3.63) is 70.7 Å². The molecule has 1 aromatic heterocycles. The molecule has 0 unspecified atom stereocenters. The Kier molecular flexibility index (Phi) is 4.96. The summed E-state index contributed by atoms with van der Waals surface area (Å²) in [6, 6.07) is 15.0. The summed E-state index contributed by atoms with van der Waals surface area (Å²) in [5.74, 6) is 0.812. The van der Waals surface area contributed by atoms with Crippen molar-refractivity contribution in [2.45, 2.75) is 6.54 Å². The topological polar surface area (TPSA) is 64.4 Å². The van der Waals surface area contributed by atoms with Crippen molar-refractivity contribution in [1.29, 1.82) is 0 Å². The van der Waals surface area contributed by atoms with Gasteiger partial charge in [0.2, 0.25) is 0 Å². The summed E-state index contributed by atoms with van der Waals surface area (Å²) >= 11 is 3.41. The number of nitrogens with one attached hydrogen (secondary N) is 1. The smallest absolute Gasteiger partial charge is 0.274 e. The number of hydrogen-bond donors (Lipinski definition) is 1. The van der Waals surface area contributed by atoms with Crippen LogP contribution < -0.4 is 10.1 Å². The first-order valence-electron chi connectivity index (χ1n) is 7.28. The van der Waals surface area contributed by atoms with Gasteiger partial charge in [-0.3, -0.25) is 4.79 Å². The van der Waals surface area contributed by atoms with E-state index in [2.05, 4.69) is 26.2 Å². The zero-order chi connectivity index (χ0) is 16.9. The molecule has 24 heavy (non-hydrogen) atoms. The molecule has 0 saturated heterocycles. The Morgan fingerprint density at radius 1 is 1.25 bits per heavy atom. The number of methoxy groups -OCH3 is 1. The molecule has 0 spiro atoms. The fraction of sp³-hybridized carbons (Fsp3) is 0.111. The van der Waals surface area contributed by atoms with Gasteiger partial charge in [0.1, 0.15) is 5.75 Å². The Hall–Kier alpha value is -2.60. The van der Waals surface area contributed by atoms with Crippen molar-refractivity contribution >= 4 is 21.8 Å². The van der Waals surface area contributed by atoms with Crippen LogP contribution in [0.1, 0.15) is 16.1 Å². The van der Waals surface area contributed by atoms with E-state index >= 15 is 0 Å². The SMILES string of the molecule is COc1cccc(-c2ocnc2C(=O)NCc2cccc(Br)c2)c1. The lowest BCUT2D eigenvalue weighted by Crippen LogP contribution is -2.23. The lowest BCUT2D eigenvalue weighted by Gasteiger charge is -2.06. The third kappa shape index (κ3) is 3.65. The van der Waals surface area contributed by atoms with Crippen molar-refractivity contribution < 1.29 is 13.9 Å². The van der Waals surface area contributed by atoms with E-state index in [0.29, 0.717) is 18.1 Å². The largest absolute Gasteiger partial charge is 0.497 e. The van der Waals surface area contributed by atoms with Gasteiger partial charge in [-0.25, -0.2) is 4.98 Å². The van der Waals surface area contributed by atoms with Crippen LogP contribution in [0.5, 0.6) is 5.75 Å². The van der Waals surface area contributed by atoms with Gasteiger partial charge in [0.15, 0.2) is 17.8 Å². The molecule has 122 valence electrons. The summed E-state index contributed by atoms with van der Waals surface area (Å²) in [6.45, 7) is 0.405. The molecular formula is C18H15BrN2O3. The zero-order valence-corrected chi connectivity index (χ0v) is 14.5. The van der Waals surface area contributed by atoms with Crippen molar-refractivity contribution in [2.75, 3.05) is 7.11 Å². The van der Waals surface area contributed by atoms with Crippen LogP contribution >= 0.6 is 15.9 Å². The highest BCUT2D eigenvalue weighted by atomic mass is 79.9. The normalized spacial score (nSPS) is 10.4. The maximum atomic E-state index is 12.4. The Bertz CT molecular complexity index is 861. The number of aromatic nitrogens is 1. The van der Waals surface area contributed by atoms with E-state index in [1.807, 2.05) is 42.5 Å². The molecule has 0 bridgehead atoms. The summed E-state index contributed by atoms with van der Waals surface area (Å²) in [7, 11) is 1.59. The number of ether oxygens (including phenoxy) is 1. The van der Waals surface area contributed by atoms with Gasteiger partial charge >= 0.3 is 0 Å². The second-order valence-corrected chi connectivity index (χ2v) is 5.99. The second-order valence-electron chi connectivity index (χ2n) is 5.07. The van der Waals surface area contributed by atoms with Gasteiger partial charge in [0.05, 0.1) is 7.11 Å². The summed E-state index contributed by atoms with van der Waals surface area (Å²) in [5.41, 5.74) is 1.97. The zero-order valence-electron chi connectivity index (χ0n) is 13.0. The van der Waals surface area contributed by atoms with Gasteiger partial charge in [-0.15, -0.1) is 0 Å². The van der Waals surface area contributed by atoms with Crippen LogP contribution in [0.15, 0.2) is 63.8 Å². The molecule has 0 aliphatic heterocycles. The minimum absolute atomic E-state index is 0.248. The minimum Gasteiger partial charge on any atom is -0.497 e. The van der Waals surface area contributed by atoms with Gasteiger partial charge in [-0.05, 0) is 29.8 Å². The number of hydrogen-bond acceptors (Lipinski definition) is 4. The monoisotopic (exact) mass is 386 g/mol. The van der Waals surface area contributed by atoms with Gasteiger partial charge in [-0.1, -0.05) is 40.2 Å². The fourth-order valence-corrected chi connectivity index (χ4v) is 2.74. The Balaban J connectivity index is 1.78. The number of amides is 1. The van der Waals surface area contributed by atoms with Crippen LogP contribution in [0.4, 0.5) is 0 Å². The van der Waals surface area contributed by atoms with E-state index in [1.54, 1.807) is 13.2 Å². The molecule has 1 N–H and O–H groups in total. The van der Waals surface area contributed by atoms with Crippen LogP contribution in [0.3, 0.4) is 0 Å². The van der Waals surface area contributed by atoms with Gasteiger partial charge in [-0.2, -0.15) is 0 Å². The Labute approximate surface area is 147 Å². The van der Waals surface area contributed by atoms with Gasteiger partial charge in [0.25, 0.3) is 5.91 Å². The van der Waals surface area contributed by atoms with Crippen LogP contribution in [-0.4, -0.2) is 18.0 Å². The minimum atomic E-state index is -0.290. The van der Waals surface area contributed by atoms with E-state index in [1.165, 1.54) is 6.39 Å². The number of benzene rings is 2. The van der Waals surface area contributed by atoms with E-state index in [0.717, 1.165) is 15.6 Å². The van der Waals surface area contributed by atoms with Crippen LogP contribution in [0.25, 0.3) is 11.3 Å². The van der Waals surface area contributed by atoms with E-state index < -0.39 is 0 Å². The summed E-state index contributed by atoms with van der Waals surface area (Å²) in [5, 5.41) is 2.85. The highest BCUT2D eigenvalue weighted by Crippen LogP contribution is 2.26. The molecule has 5 nitrogen and oxygen atoms in total. The molecule has 0 fully saturated rings. The number of carbonyl (C=O) groups excluding carboxylic acids is 1.